The monoisotopic (exact) mass is 816 g/mol. The maximum Gasteiger partial charge on any atom is 0.122 e. The number of hydrogen-bond donors (Lipinski definition) is 4. The fraction of sp³-hybridized carbons (Fsp3) is 0.333. The summed E-state index contributed by atoms with van der Waals surface area (Å²) in [5, 5.41) is 53.7. The zero-order valence-electron chi connectivity index (χ0n) is 35.2. The van der Waals surface area contributed by atoms with Crippen LogP contribution in [0.2, 0.25) is 76.6 Å². The smallest absolute Gasteiger partial charge is 0.122 e. The summed E-state index contributed by atoms with van der Waals surface area (Å²) >= 11 is 0. The maximum atomic E-state index is 12.2. The molecule has 1 aliphatic carbocycles. The van der Waals surface area contributed by atoms with Crippen molar-refractivity contribution in [2.24, 2.45) is 0 Å². The Hall–Kier alpha value is -4.09. The van der Waals surface area contributed by atoms with Crippen LogP contribution in [0, 0.1) is 0 Å². The fourth-order valence-electron chi connectivity index (χ4n) is 8.42. The molecule has 5 rings (SSSR count). The van der Waals surface area contributed by atoms with E-state index in [0.717, 1.165) is 68.7 Å². The Kier molecular flexibility index (Phi) is 12.6. The minimum Gasteiger partial charge on any atom is -0.507 e. The van der Waals surface area contributed by atoms with Gasteiger partial charge in [-0.3, -0.25) is 0 Å². The number of hydrogen-bond acceptors (Lipinski definition) is 4. The third kappa shape index (κ3) is 8.89. The third-order valence-electron chi connectivity index (χ3n) is 12.3. The van der Waals surface area contributed by atoms with Crippen LogP contribution in [0.25, 0.3) is 0 Å². The molecule has 56 heavy (non-hydrogen) atoms. The maximum absolute atomic E-state index is 12.2. The normalized spacial score (nSPS) is 13.6. The number of benzene rings is 4. The molecule has 0 aliphatic heterocycles. The molecule has 0 atom stereocenters. The van der Waals surface area contributed by atoms with Crippen molar-refractivity contribution in [1.82, 2.24) is 0 Å². The van der Waals surface area contributed by atoms with Crippen molar-refractivity contribution >= 4 is 53.0 Å². The van der Waals surface area contributed by atoms with Crippen LogP contribution in [0.3, 0.4) is 0 Å². The number of phenolic OH excluding ortho intramolecular Hbond substituents is 4. The Balaban J connectivity index is 1.92. The number of rotatable bonds is 12. The molecule has 0 amide bonds. The zero-order valence-corrected chi connectivity index (χ0v) is 39.2. The molecule has 4 N–H and O–H groups in total. The molecule has 0 spiro atoms. The molecular formula is C48H64O4Si4. The van der Waals surface area contributed by atoms with Gasteiger partial charge in [0.15, 0.2) is 0 Å². The third-order valence-corrected chi connectivity index (χ3v) is 25.0. The van der Waals surface area contributed by atoms with E-state index in [1.807, 2.05) is 24.3 Å². The van der Waals surface area contributed by atoms with Crippen molar-refractivity contribution < 1.29 is 20.4 Å². The summed E-state index contributed by atoms with van der Waals surface area (Å²) in [5.74, 6) is 0.811. The van der Waals surface area contributed by atoms with E-state index in [4.69, 9.17) is 0 Å². The van der Waals surface area contributed by atoms with E-state index < -0.39 is 32.3 Å². The van der Waals surface area contributed by atoms with Gasteiger partial charge in [0.05, 0.1) is 32.3 Å². The number of fused-ring (bicyclic) bond motifs is 8. The molecule has 0 heterocycles. The Morgan fingerprint density at radius 2 is 0.500 bits per heavy atom. The van der Waals surface area contributed by atoms with E-state index in [0.29, 0.717) is 25.7 Å². The molecule has 0 fully saturated rings. The van der Waals surface area contributed by atoms with E-state index in [1.165, 1.54) is 20.7 Å². The Labute approximate surface area is 340 Å². The van der Waals surface area contributed by atoms with E-state index in [1.54, 1.807) is 0 Å². The van der Waals surface area contributed by atoms with Gasteiger partial charge in [0, 0.05) is 25.7 Å². The molecule has 4 aromatic rings. The van der Waals surface area contributed by atoms with Crippen molar-refractivity contribution in [2.75, 3.05) is 0 Å². The SMILES string of the molecule is C=CC[Si](C)(C)c1cc2c(O)c(c1)Cc1cc([Si](C)(C)CC=C)cc(c1O)Cc1cc([Si](C)(C)CC=C)cc(c1O)Cc1cc([Si](C)(C)CC=C)cc(c1O)C2. The molecule has 8 heteroatoms. The average Bonchev–Trinajstić information content (AvgIpc) is 3.10. The van der Waals surface area contributed by atoms with Crippen molar-refractivity contribution in [2.45, 2.75) is 102 Å². The number of phenols is 4. The molecule has 0 saturated carbocycles. The number of allylic oxidation sites excluding steroid dienone is 4. The van der Waals surface area contributed by atoms with Crippen LogP contribution in [-0.2, 0) is 25.7 Å². The lowest BCUT2D eigenvalue weighted by Crippen LogP contribution is -2.42. The fourth-order valence-corrected chi connectivity index (χ4v) is 16.8. The second-order valence-corrected chi connectivity index (χ2v) is 37.8. The highest BCUT2D eigenvalue weighted by Crippen LogP contribution is 2.38. The quantitative estimate of drug-likeness (QED) is 0.0748. The van der Waals surface area contributed by atoms with Crippen molar-refractivity contribution in [3.63, 3.8) is 0 Å². The van der Waals surface area contributed by atoms with E-state index in [2.05, 4.69) is 127 Å². The summed E-state index contributed by atoms with van der Waals surface area (Å²) in [4.78, 5) is 0. The van der Waals surface area contributed by atoms with Gasteiger partial charge in [-0.25, -0.2) is 0 Å². The second kappa shape index (κ2) is 16.4. The van der Waals surface area contributed by atoms with Gasteiger partial charge >= 0.3 is 0 Å². The summed E-state index contributed by atoms with van der Waals surface area (Å²) in [6.07, 6.45) is 9.33. The molecule has 4 nitrogen and oxygen atoms in total. The first-order chi connectivity index (χ1) is 26.2. The Bertz CT molecular complexity index is 1790. The van der Waals surface area contributed by atoms with Crippen LogP contribution in [0.4, 0.5) is 0 Å². The highest BCUT2D eigenvalue weighted by Gasteiger charge is 2.31. The molecule has 4 aromatic carbocycles. The van der Waals surface area contributed by atoms with E-state index >= 15 is 0 Å². The highest BCUT2D eigenvalue weighted by atomic mass is 28.3. The first-order valence-electron chi connectivity index (χ1n) is 20.0. The predicted molar refractivity (Wildman–Crippen MR) is 252 cm³/mol. The van der Waals surface area contributed by atoms with E-state index in [9.17, 15) is 20.4 Å². The van der Waals surface area contributed by atoms with Crippen molar-refractivity contribution in [3.8, 4) is 23.0 Å². The molecule has 1 aliphatic rings. The van der Waals surface area contributed by atoms with Gasteiger partial charge in [-0.1, -0.05) is 146 Å². The lowest BCUT2D eigenvalue weighted by molar-refractivity contribution is 0.451. The van der Waals surface area contributed by atoms with Gasteiger partial charge < -0.3 is 20.4 Å². The van der Waals surface area contributed by atoms with Crippen molar-refractivity contribution in [3.05, 3.63) is 144 Å². The molecule has 296 valence electrons. The van der Waals surface area contributed by atoms with Gasteiger partial charge in [0.1, 0.15) is 23.0 Å². The van der Waals surface area contributed by atoms with Crippen LogP contribution in [0.5, 0.6) is 23.0 Å². The highest BCUT2D eigenvalue weighted by molar-refractivity contribution is 6.91. The van der Waals surface area contributed by atoms with Gasteiger partial charge in [-0.05, 0) is 68.7 Å². The summed E-state index contributed by atoms with van der Waals surface area (Å²) < 4.78 is 0. The zero-order chi connectivity index (χ0) is 41.4. The lowest BCUT2D eigenvalue weighted by atomic mass is 9.91. The molecule has 8 bridgehead atoms. The van der Waals surface area contributed by atoms with Crippen LogP contribution < -0.4 is 20.7 Å². The topological polar surface area (TPSA) is 80.9 Å². The lowest BCUT2D eigenvalue weighted by Gasteiger charge is -2.28. The average molecular weight is 817 g/mol. The van der Waals surface area contributed by atoms with Crippen LogP contribution >= 0.6 is 0 Å². The van der Waals surface area contributed by atoms with Gasteiger partial charge in [-0.15, -0.1) is 26.3 Å². The van der Waals surface area contributed by atoms with Crippen LogP contribution in [0.1, 0.15) is 44.5 Å². The minimum absolute atomic E-state index is 0.203. The van der Waals surface area contributed by atoms with Crippen LogP contribution in [-0.4, -0.2) is 52.7 Å². The first kappa shape index (κ1) is 43.0. The molecule has 0 unspecified atom stereocenters. The summed E-state index contributed by atoms with van der Waals surface area (Å²) in [6, 6.07) is 20.7. The first-order valence-corrected chi connectivity index (χ1v) is 32.9. The molecule has 0 saturated heterocycles. The summed E-state index contributed by atoms with van der Waals surface area (Å²) in [5.41, 5.74) is 6.09. The van der Waals surface area contributed by atoms with Crippen molar-refractivity contribution in [1.29, 1.82) is 0 Å². The molecular weight excluding hydrogens is 753 g/mol. The second-order valence-electron chi connectivity index (χ2n) is 18.8. The standard InChI is InChI=1S/C48H64O4Si4/c1-13-17-53(5,6)41-25-33-21-35-27-42(54(7,8)18-14-2)29-37(46(35)50)23-39-31-44(56(11,12)20-16-4)32-40(48(39)52)24-38-30-43(55(9,10)19-15-3)28-36(47(38)51)22-34(26-41)45(33)49/h13-16,25-32,49-52H,1-4,17-24H2,5-12H3. The molecule has 0 aromatic heterocycles. The molecule has 0 radical (unpaired) electrons. The Morgan fingerprint density at radius 1 is 0.357 bits per heavy atom. The van der Waals surface area contributed by atoms with Gasteiger partial charge in [0.2, 0.25) is 0 Å². The predicted octanol–water partition coefficient (Wildman–Crippen LogP) is 9.59. The van der Waals surface area contributed by atoms with Gasteiger partial charge in [-0.2, -0.15) is 0 Å². The van der Waals surface area contributed by atoms with Gasteiger partial charge in [0.25, 0.3) is 0 Å². The van der Waals surface area contributed by atoms with Crippen LogP contribution in [0.15, 0.2) is 99.2 Å². The summed E-state index contributed by atoms with van der Waals surface area (Å²) in [7, 11) is -8.11. The summed E-state index contributed by atoms with van der Waals surface area (Å²) in [6.45, 7) is 34.9. The Morgan fingerprint density at radius 3 is 0.625 bits per heavy atom. The number of aromatic hydroxyl groups is 4. The largest absolute Gasteiger partial charge is 0.507 e. The minimum atomic E-state index is -2.03. The van der Waals surface area contributed by atoms with E-state index in [-0.39, 0.29) is 23.0 Å².